The molecule has 1 rings (SSSR count). The van der Waals surface area contributed by atoms with Crippen LogP contribution in [0.2, 0.25) is 5.02 Å². The van der Waals surface area contributed by atoms with Gasteiger partial charge in [0.05, 0.1) is 6.42 Å². The third-order valence-electron chi connectivity index (χ3n) is 2.50. The number of halogens is 1. The molecule has 0 aliphatic heterocycles. The lowest BCUT2D eigenvalue weighted by Crippen LogP contribution is -2.36. The van der Waals surface area contributed by atoms with Gasteiger partial charge in [-0.05, 0) is 11.6 Å². The van der Waals surface area contributed by atoms with Crippen LogP contribution in [0.1, 0.15) is 19.4 Å². The first-order valence-electron chi connectivity index (χ1n) is 5.55. The van der Waals surface area contributed by atoms with Crippen molar-refractivity contribution >= 4 is 17.5 Å². The van der Waals surface area contributed by atoms with E-state index < -0.39 is 0 Å². The number of carbonyl (C=O) groups is 1. The van der Waals surface area contributed by atoms with Crippen LogP contribution in [-0.2, 0) is 11.2 Å². The van der Waals surface area contributed by atoms with Gasteiger partial charge in [-0.2, -0.15) is 0 Å². The van der Waals surface area contributed by atoms with E-state index in [9.17, 15) is 4.79 Å². The molecule has 0 saturated heterocycles. The minimum absolute atomic E-state index is 0.0410. The van der Waals surface area contributed by atoms with E-state index in [2.05, 4.69) is 5.32 Å². The largest absolute Gasteiger partial charge is 0.396 e. The molecule has 0 bridgehead atoms. The van der Waals surface area contributed by atoms with Gasteiger partial charge in [0.15, 0.2) is 0 Å². The highest BCUT2D eigenvalue weighted by atomic mass is 35.5. The molecular formula is C13H18ClNO2. The summed E-state index contributed by atoms with van der Waals surface area (Å²) in [6.45, 7) is 4.28. The summed E-state index contributed by atoms with van der Waals surface area (Å²) in [5.74, 6) is -0.0837. The molecule has 0 heterocycles. The second-order valence-corrected chi connectivity index (χ2v) is 5.27. The summed E-state index contributed by atoms with van der Waals surface area (Å²) in [6.07, 6.45) is 0.265. The molecule has 4 heteroatoms. The summed E-state index contributed by atoms with van der Waals surface area (Å²) < 4.78 is 0. The first kappa shape index (κ1) is 14.0. The van der Waals surface area contributed by atoms with Crippen molar-refractivity contribution in [1.82, 2.24) is 5.32 Å². The lowest BCUT2D eigenvalue weighted by atomic mass is 9.95. The molecule has 1 aromatic carbocycles. The van der Waals surface area contributed by atoms with Gasteiger partial charge in [0.2, 0.25) is 5.91 Å². The van der Waals surface area contributed by atoms with Crippen molar-refractivity contribution in [2.45, 2.75) is 20.3 Å². The van der Waals surface area contributed by atoms with Gasteiger partial charge in [-0.15, -0.1) is 0 Å². The second-order valence-electron chi connectivity index (χ2n) is 4.87. The van der Waals surface area contributed by atoms with Crippen LogP contribution in [0.5, 0.6) is 0 Å². The smallest absolute Gasteiger partial charge is 0.224 e. The highest BCUT2D eigenvalue weighted by Gasteiger charge is 2.17. The Hall–Kier alpha value is -1.06. The second kappa shape index (κ2) is 6.03. The van der Waals surface area contributed by atoms with Crippen LogP contribution in [0.4, 0.5) is 0 Å². The van der Waals surface area contributed by atoms with Crippen molar-refractivity contribution in [2.24, 2.45) is 5.41 Å². The van der Waals surface area contributed by atoms with E-state index in [0.29, 0.717) is 11.6 Å². The molecule has 0 unspecified atom stereocenters. The Balaban J connectivity index is 2.48. The van der Waals surface area contributed by atoms with E-state index in [1.165, 1.54) is 0 Å². The Kier molecular flexibility index (Phi) is 4.97. The molecule has 1 aromatic rings. The van der Waals surface area contributed by atoms with E-state index in [1.807, 2.05) is 32.0 Å². The molecule has 2 N–H and O–H groups in total. The highest BCUT2D eigenvalue weighted by molar-refractivity contribution is 6.31. The molecular weight excluding hydrogens is 238 g/mol. The lowest BCUT2D eigenvalue weighted by molar-refractivity contribution is -0.121. The number of aliphatic hydroxyl groups excluding tert-OH is 1. The SMILES string of the molecule is CC(C)(CO)CNC(=O)Cc1ccccc1Cl. The van der Waals surface area contributed by atoms with E-state index in [1.54, 1.807) is 6.07 Å². The predicted octanol–water partition coefficient (Wildman–Crippen LogP) is 2.02. The Labute approximate surface area is 107 Å². The summed E-state index contributed by atoms with van der Waals surface area (Å²) in [5, 5.41) is 12.5. The Morgan fingerprint density at radius 1 is 1.41 bits per heavy atom. The summed E-state index contributed by atoms with van der Waals surface area (Å²) in [6, 6.07) is 7.28. The van der Waals surface area contributed by atoms with Gasteiger partial charge in [-0.1, -0.05) is 43.6 Å². The number of rotatable bonds is 5. The lowest BCUT2D eigenvalue weighted by Gasteiger charge is -2.21. The van der Waals surface area contributed by atoms with Crippen molar-refractivity contribution in [3.8, 4) is 0 Å². The van der Waals surface area contributed by atoms with E-state index in [-0.39, 0.29) is 24.3 Å². The topological polar surface area (TPSA) is 49.3 Å². The van der Waals surface area contributed by atoms with Gasteiger partial charge in [-0.25, -0.2) is 0 Å². The van der Waals surface area contributed by atoms with Gasteiger partial charge >= 0.3 is 0 Å². The fourth-order valence-electron chi connectivity index (χ4n) is 1.27. The fourth-order valence-corrected chi connectivity index (χ4v) is 1.47. The molecule has 94 valence electrons. The predicted molar refractivity (Wildman–Crippen MR) is 69.0 cm³/mol. The highest BCUT2D eigenvalue weighted by Crippen LogP contribution is 2.16. The van der Waals surface area contributed by atoms with Crippen molar-refractivity contribution in [1.29, 1.82) is 0 Å². The molecule has 0 aromatic heterocycles. The summed E-state index contributed by atoms with van der Waals surface area (Å²) in [4.78, 5) is 11.7. The van der Waals surface area contributed by atoms with E-state index in [4.69, 9.17) is 16.7 Å². The molecule has 0 saturated carbocycles. The molecule has 0 aliphatic rings. The van der Waals surface area contributed by atoms with Crippen LogP contribution < -0.4 is 5.32 Å². The third-order valence-corrected chi connectivity index (χ3v) is 2.87. The van der Waals surface area contributed by atoms with Crippen molar-refractivity contribution in [2.75, 3.05) is 13.2 Å². The first-order chi connectivity index (χ1) is 7.94. The van der Waals surface area contributed by atoms with Crippen LogP contribution in [0.25, 0.3) is 0 Å². The van der Waals surface area contributed by atoms with Gasteiger partial charge in [0.25, 0.3) is 0 Å². The normalized spacial score (nSPS) is 11.3. The fraction of sp³-hybridized carbons (Fsp3) is 0.462. The summed E-state index contributed by atoms with van der Waals surface area (Å²) in [7, 11) is 0. The number of amides is 1. The van der Waals surface area contributed by atoms with Crippen LogP contribution in [0.15, 0.2) is 24.3 Å². The van der Waals surface area contributed by atoms with Crippen molar-refractivity contribution in [3.63, 3.8) is 0 Å². The maximum Gasteiger partial charge on any atom is 0.224 e. The maximum atomic E-state index is 11.7. The molecule has 1 amide bonds. The number of hydrogen-bond acceptors (Lipinski definition) is 2. The van der Waals surface area contributed by atoms with E-state index in [0.717, 1.165) is 5.56 Å². The Bertz CT molecular complexity index is 391. The van der Waals surface area contributed by atoms with Crippen molar-refractivity contribution in [3.05, 3.63) is 34.9 Å². The van der Waals surface area contributed by atoms with Crippen LogP contribution >= 0.6 is 11.6 Å². The number of nitrogens with one attached hydrogen (secondary N) is 1. The third kappa shape index (κ3) is 4.75. The number of carbonyl (C=O) groups excluding carboxylic acids is 1. The van der Waals surface area contributed by atoms with Crippen LogP contribution in [0, 0.1) is 5.41 Å². The number of hydrogen-bond donors (Lipinski definition) is 2. The maximum absolute atomic E-state index is 11.7. The zero-order valence-corrected chi connectivity index (χ0v) is 10.9. The zero-order valence-electron chi connectivity index (χ0n) is 10.2. The minimum Gasteiger partial charge on any atom is -0.396 e. The molecule has 0 atom stereocenters. The Morgan fingerprint density at radius 3 is 2.65 bits per heavy atom. The molecule has 17 heavy (non-hydrogen) atoms. The molecule has 0 fully saturated rings. The van der Waals surface area contributed by atoms with Crippen LogP contribution in [-0.4, -0.2) is 24.2 Å². The van der Waals surface area contributed by atoms with Crippen LogP contribution in [0.3, 0.4) is 0 Å². The van der Waals surface area contributed by atoms with E-state index >= 15 is 0 Å². The summed E-state index contributed by atoms with van der Waals surface area (Å²) in [5.41, 5.74) is 0.518. The van der Waals surface area contributed by atoms with Gasteiger partial charge < -0.3 is 10.4 Å². The molecule has 3 nitrogen and oxygen atoms in total. The first-order valence-corrected chi connectivity index (χ1v) is 5.93. The average Bonchev–Trinajstić information content (AvgIpc) is 2.30. The van der Waals surface area contributed by atoms with Gasteiger partial charge in [-0.3, -0.25) is 4.79 Å². The average molecular weight is 256 g/mol. The zero-order chi connectivity index (χ0) is 12.9. The monoisotopic (exact) mass is 255 g/mol. The number of benzene rings is 1. The molecule has 0 spiro atoms. The number of aliphatic hydroxyl groups is 1. The molecule has 0 aliphatic carbocycles. The van der Waals surface area contributed by atoms with Crippen molar-refractivity contribution < 1.29 is 9.90 Å². The standard InChI is InChI=1S/C13H18ClNO2/c1-13(2,9-16)8-15-12(17)7-10-5-3-4-6-11(10)14/h3-6,16H,7-9H2,1-2H3,(H,15,17). The Morgan fingerprint density at radius 2 is 2.06 bits per heavy atom. The van der Waals surface area contributed by atoms with Gasteiger partial charge in [0.1, 0.15) is 0 Å². The molecule has 0 radical (unpaired) electrons. The minimum atomic E-state index is -0.295. The van der Waals surface area contributed by atoms with Gasteiger partial charge in [0, 0.05) is 23.6 Å². The quantitative estimate of drug-likeness (QED) is 0.846. The summed E-state index contributed by atoms with van der Waals surface area (Å²) >= 11 is 5.97.